The number of hydrogen-bond acceptors (Lipinski definition) is 6. The molecule has 0 saturated carbocycles. The van der Waals surface area contributed by atoms with Crippen LogP contribution in [-0.2, 0) is 17.5 Å². The maximum atomic E-state index is 13.4. The maximum Gasteiger partial charge on any atom is 0.416 e. The number of carbonyl (C=O) groups excluding carboxylic acids is 2. The van der Waals surface area contributed by atoms with Crippen LogP contribution in [0, 0.1) is 6.92 Å². The van der Waals surface area contributed by atoms with E-state index in [1.165, 1.54) is 23.9 Å². The summed E-state index contributed by atoms with van der Waals surface area (Å²) >= 11 is 0. The molecule has 2 aromatic heterocycles. The lowest BCUT2D eigenvalue weighted by Gasteiger charge is -2.30. The Kier molecular flexibility index (Phi) is 8.36. The molecule has 0 unspecified atom stereocenters. The summed E-state index contributed by atoms with van der Waals surface area (Å²) in [4.78, 5) is 26.7. The number of nitrogens with two attached hydrogens (primary N) is 2. The molecule has 1 aliphatic rings. The molecule has 1 saturated heterocycles. The van der Waals surface area contributed by atoms with Crippen LogP contribution in [0.1, 0.15) is 79.5 Å². The van der Waals surface area contributed by atoms with Crippen LogP contribution in [0.3, 0.4) is 0 Å². The third-order valence-corrected chi connectivity index (χ3v) is 7.11. The zero-order chi connectivity index (χ0) is 30.1. The van der Waals surface area contributed by atoms with Gasteiger partial charge in [-0.15, -0.1) is 0 Å². The Morgan fingerprint density at radius 2 is 1.78 bits per heavy atom. The number of halogens is 3. The van der Waals surface area contributed by atoms with Gasteiger partial charge in [0, 0.05) is 24.8 Å². The summed E-state index contributed by atoms with van der Waals surface area (Å²) in [6.07, 6.45) is 0.977. The van der Waals surface area contributed by atoms with E-state index in [2.05, 4.69) is 10.2 Å². The second-order valence-electron chi connectivity index (χ2n) is 11.3. The average molecular weight is 576 g/mol. The van der Waals surface area contributed by atoms with E-state index in [-0.39, 0.29) is 41.3 Å². The number of amides is 2. The quantitative estimate of drug-likeness (QED) is 0.432. The van der Waals surface area contributed by atoms with Gasteiger partial charge in [-0.1, -0.05) is 12.1 Å². The first-order valence-electron chi connectivity index (χ1n) is 13.5. The second-order valence-corrected chi connectivity index (χ2v) is 11.3. The van der Waals surface area contributed by atoms with Crippen LogP contribution in [0.4, 0.5) is 23.8 Å². The van der Waals surface area contributed by atoms with Crippen LogP contribution in [0.5, 0.6) is 0 Å². The molecular weight excluding hydrogens is 539 g/mol. The summed E-state index contributed by atoms with van der Waals surface area (Å²) in [5.41, 5.74) is 12.2. The van der Waals surface area contributed by atoms with Gasteiger partial charge in [-0.2, -0.15) is 23.4 Å². The first kappa shape index (κ1) is 29.9. The van der Waals surface area contributed by atoms with Crippen molar-refractivity contribution < 1.29 is 27.5 Å². The number of rotatable bonds is 5. The van der Waals surface area contributed by atoms with E-state index in [0.717, 1.165) is 6.07 Å². The van der Waals surface area contributed by atoms with Gasteiger partial charge in [0.1, 0.15) is 22.7 Å². The summed E-state index contributed by atoms with van der Waals surface area (Å²) in [7, 11) is 0. The number of anilines is 1. The summed E-state index contributed by atoms with van der Waals surface area (Å²) < 4.78 is 48.7. The van der Waals surface area contributed by atoms with E-state index in [4.69, 9.17) is 16.2 Å². The van der Waals surface area contributed by atoms with Gasteiger partial charge in [-0.3, -0.25) is 9.48 Å². The van der Waals surface area contributed by atoms with Gasteiger partial charge in [0.25, 0.3) is 5.91 Å². The van der Waals surface area contributed by atoms with Gasteiger partial charge in [-0.25, -0.2) is 9.48 Å². The van der Waals surface area contributed by atoms with Crippen LogP contribution in [0.25, 0.3) is 11.3 Å². The Morgan fingerprint density at radius 1 is 1.12 bits per heavy atom. The van der Waals surface area contributed by atoms with Gasteiger partial charge in [-0.05, 0) is 70.6 Å². The van der Waals surface area contributed by atoms with Crippen molar-refractivity contribution in [1.82, 2.24) is 24.5 Å². The fourth-order valence-electron chi connectivity index (χ4n) is 5.12. The van der Waals surface area contributed by atoms with Crippen molar-refractivity contribution in [3.05, 3.63) is 52.8 Å². The first-order valence-corrected chi connectivity index (χ1v) is 13.5. The minimum atomic E-state index is -4.46. The van der Waals surface area contributed by atoms with Gasteiger partial charge < -0.3 is 21.1 Å². The topological polar surface area (TPSA) is 134 Å². The van der Waals surface area contributed by atoms with Crippen LogP contribution >= 0.6 is 0 Å². The largest absolute Gasteiger partial charge is 0.444 e. The zero-order valence-electron chi connectivity index (χ0n) is 23.7. The van der Waals surface area contributed by atoms with E-state index in [9.17, 15) is 22.8 Å². The molecule has 13 heteroatoms. The third-order valence-electron chi connectivity index (χ3n) is 7.11. The van der Waals surface area contributed by atoms with Crippen LogP contribution < -0.4 is 11.5 Å². The molecular formula is C28H36F3N7O3. The molecule has 1 aliphatic heterocycles. The summed E-state index contributed by atoms with van der Waals surface area (Å²) in [6.45, 7) is 8.04. The highest BCUT2D eigenvalue weighted by Gasteiger charge is 2.33. The van der Waals surface area contributed by atoms with E-state index < -0.39 is 23.2 Å². The Morgan fingerprint density at radius 3 is 2.37 bits per heavy atom. The minimum Gasteiger partial charge on any atom is -0.444 e. The maximum absolute atomic E-state index is 13.4. The molecule has 4 N–H and O–H groups in total. The third kappa shape index (κ3) is 6.83. The molecule has 0 aliphatic carbocycles. The molecule has 41 heavy (non-hydrogen) atoms. The van der Waals surface area contributed by atoms with Gasteiger partial charge >= 0.3 is 12.3 Å². The van der Waals surface area contributed by atoms with E-state index in [1.54, 1.807) is 21.8 Å². The van der Waals surface area contributed by atoms with E-state index >= 15 is 0 Å². The van der Waals surface area contributed by atoms with Gasteiger partial charge in [0.2, 0.25) is 0 Å². The molecule has 1 aromatic carbocycles. The van der Waals surface area contributed by atoms with E-state index in [1.807, 2.05) is 20.8 Å². The minimum absolute atomic E-state index is 0.0669. The van der Waals surface area contributed by atoms with Crippen molar-refractivity contribution >= 4 is 17.8 Å². The molecule has 0 bridgehead atoms. The highest BCUT2D eigenvalue weighted by molar-refractivity contribution is 6.03. The lowest BCUT2D eigenvalue weighted by atomic mass is 10.0. The molecule has 0 atom stereocenters. The highest BCUT2D eigenvalue weighted by atomic mass is 19.4. The van der Waals surface area contributed by atoms with Crippen molar-refractivity contribution in [3.63, 3.8) is 0 Å². The Hall–Kier alpha value is -4.03. The highest BCUT2D eigenvalue weighted by Crippen LogP contribution is 2.35. The monoisotopic (exact) mass is 575 g/mol. The first-order chi connectivity index (χ1) is 19.2. The molecule has 2 amide bonds. The number of benzene rings is 1. The van der Waals surface area contributed by atoms with Crippen molar-refractivity contribution in [2.75, 3.05) is 18.8 Å². The average Bonchev–Trinajstić information content (AvgIpc) is 3.42. The fourth-order valence-corrected chi connectivity index (χ4v) is 5.12. The van der Waals surface area contributed by atoms with Gasteiger partial charge in [0.05, 0.1) is 24.3 Å². The lowest BCUT2D eigenvalue weighted by molar-refractivity contribution is -0.138. The number of nitrogen functional groups attached to an aromatic ring is 1. The Balaban J connectivity index is 1.54. The van der Waals surface area contributed by atoms with Crippen LogP contribution in [-0.4, -0.2) is 55.2 Å². The fraction of sp³-hybridized carbons (Fsp3) is 0.500. The molecule has 0 spiro atoms. The summed E-state index contributed by atoms with van der Waals surface area (Å²) in [5.74, 6) is -0.601. The molecule has 4 rings (SSSR count). The van der Waals surface area contributed by atoms with Crippen molar-refractivity contribution in [1.29, 1.82) is 0 Å². The summed E-state index contributed by atoms with van der Waals surface area (Å²) in [5, 5.41) is 8.96. The number of primary amides is 1. The smallest absolute Gasteiger partial charge is 0.416 e. The second kappa shape index (κ2) is 11.5. The zero-order valence-corrected chi connectivity index (χ0v) is 23.7. The SMILES string of the molecule is Cc1c(Cn2cc(-c3nn(C4CCCN(C(=O)OC(C)(C)C)CCC4)c(N)c3C(N)=O)cn2)cccc1C(F)(F)F. The van der Waals surface area contributed by atoms with E-state index in [0.29, 0.717) is 49.9 Å². The molecule has 1 fully saturated rings. The predicted octanol–water partition coefficient (Wildman–Crippen LogP) is 5.16. The number of aromatic nitrogens is 4. The molecule has 10 nitrogen and oxygen atoms in total. The number of alkyl halides is 3. The number of nitrogens with zero attached hydrogens (tertiary/aromatic N) is 5. The number of likely N-dealkylation sites (tertiary alicyclic amines) is 1. The number of ether oxygens (including phenoxy) is 1. The predicted molar refractivity (Wildman–Crippen MR) is 147 cm³/mol. The van der Waals surface area contributed by atoms with Crippen molar-refractivity contribution in [2.45, 2.75) is 77.7 Å². The summed E-state index contributed by atoms with van der Waals surface area (Å²) in [6, 6.07) is 3.91. The van der Waals surface area contributed by atoms with Gasteiger partial charge in [0.15, 0.2) is 0 Å². The van der Waals surface area contributed by atoms with Crippen molar-refractivity contribution in [2.24, 2.45) is 5.73 Å². The number of carbonyl (C=O) groups is 2. The Bertz CT molecular complexity index is 1410. The molecule has 3 heterocycles. The molecule has 0 radical (unpaired) electrons. The van der Waals surface area contributed by atoms with Crippen LogP contribution in [0.2, 0.25) is 0 Å². The molecule has 222 valence electrons. The normalized spacial score (nSPS) is 15.4. The van der Waals surface area contributed by atoms with Crippen LogP contribution in [0.15, 0.2) is 30.6 Å². The molecule has 3 aromatic rings. The Labute approximate surface area is 236 Å². The van der Waals surface area contributed by atoms with Crippen molar-refractivity contribution in [3.8, 4) is 11.3 Å². The standard InChI is InChI=1S/C28H36F3N7O3/c1-17-18(8-5-11-21(17)28(29,30)31)15-37-16-19(14-34-37)23-22(25(33)39)24(32)38(35-23)20-9-6-12-36(13-7-10-20)26(40)41-27(2,3)4/h5,8,11,14,16,20H,6-7,9-10,12-13,15,32H2,1-4H3,(H2,33,39). The number of hydrogen-bond donors (Lipinski definition) is 2. The lowest BCUT2D eigenvalue weighted by Crippen LogP contribution is -2.39.